The molecule has 1 aromatic carbocycles. The van der Waals surface area contributed by atoms with Crippen molar-refractivity contribution in [3.63, 3.8) is 0 Å². The summed E-state index contributed by atoms with van der Waals surface area (Å²) in [6.07, 6.45) is 3.03. The number of hydrogen-bond donors (Lipinski definition) is 1. The van der Waals surface area contributed by atoms with Gasteiger partial charge in [0.1, 0.15) is 6.61 Å². The van der Waals surface area contributed by atoms with Gasteiger partial charge >= 0.3 is 0 Å². The Hall–Kier alpha value is -2.76. The molecule has 0 bridgehead atoms. The Balaban J connectivity index is 2.10. The van der Waals surface area contributed by atoms with E-state index < -0.39 is 0 Å². The fraction of sp³-hybridized carbons (Fsp3) is 0.250. The molecular formula is C16H18N2O4. The van der Waals surface area contributed by atoms with Gasteiger partial charge < -0.3 is 19.4 Å². The third-order valence-electron chi connectivity index (χ3n) is 2.88. The lowest BCUT2D eigenvalue weighted by molar-refractivity contribution is 0.268. The molecule has 0 aliphatic carbocycles. The van der Waals surface area contributed by atoms with Crippen molar-refractivity contribution in [3.8, 4) is 17.4 Å². The largest absolute Gasteiger partial charge is 0.490 e. The fourth-order valence-corrected chi connectivity index (χ4v) is 1.84. The first-order chi connectivity index (χ1) is 10.8. The highest BCUT2D eigenvalue weighted by Gasteiger charge is 2.07. The van der Waals surface area contributed by atoms with Crippen LogP contribution in [0.1, 0.15) is 18.1 Å². The van der Waals surface area contributed by atoms with Gasteiger partial charge in [0.15, 0.2) is 11.5 Å². The topological polar surface area (TPSA) is 73.2 Å². The standard InChI is InChI=1S/C16H18N2O4/c1-3-21-15-8-12(10-18-19)4-6-14(15)22-11-13-5-7-16(20-2)17-9-13/h4-10,19H,3,11H2,1-2H3. The van der Waals surface area contributed by atoms with Crippen molar-refractivity contribution in [2.75, 3.05) is 13.7 Å². The third-order valence-corrected chi connectivity index (χ3v) is 2.88. The lowest BCUT2D eigenvalue weighted by atomic mass is 10.2. The van der Waals surface area contributed by atoms with Crippen LogP contribution in [0, 0.1) is 0 Å². The number of ether oxygens (including phenoxy) is 3. The van der Waals surface area contributed by atoms with E-state index in [1.807, 2.05) is 13.0 Å². The van der Waals surface area contributed by atoms with Crippen molar-refractivity contribution in [3.05, 3.63) is 47.7 Å². The van der Waals surface area contributed by atoms with Gasteiger partial charge in [-0.25, -0.2) is 4.98 Å². The first-order valence-electron chi connectivity index (χ1n) is 6.82. The van der Waals surface area contributed by atoms with E-state index in [0.717, 1.165) is 11.1 Å². The Morgan fingerprint density at radius 3 is 2.68 bits per heavy atom. The van der Waals surface area contributed by atoms with E-state index in [9.17, 15) is 0 Å². The Labute approximate surface area is 129 Å². The van der Waals surface area contributed by atoms with Gasteiger partial charge in [-0.15, -0.1) is 0 Å². The molecule has 0 radical (unpaired) electrons. The summed E-state index contributed by atoms with van der Waals surface area (Å²) < 4.78 is 16.3. The maximum absolute atomic E-state index is 8.58. The number of methoxy groups -OCH3 is 1. The molecule has 0 saturated heterocycles. The summed E-state index contributed by atoms with van der Waals surface area (Å²) in [7, 11) is 1.57. The Morgan fingerprint density at radius 2 is 2.05 bits per heavy atom. The molecular weight excluding hydrogens is 284 g/mol. The molecule has 6 nitrogen and oxygen atoms in total. The van der Waals surface area contributed by atoms with Crippen LogP contribution in [0.25, 0.3) is 0 Å². The zero-order valence-electron chi connectivity index (χ0n) is 12.5. The molecule has 22 heavy (non-hydrogen) atoms. The average Bonchev–Trinajstić information content (AvgIpc) is 2.55. The van der Waals surface area contributed by atoms with E-state index in [1.54, 1.807) is 37.6 Å². The Kier molecular flexibility index (Phi) is 5.59. The fourth-order valence-electron chi connectivity index (χ4n) is 1.84. The third kappa shape index (κ3) is 4.12. The second-order valence-electron chi connectivity index (χ2n) is 4.38. The maximum atomic E-state index is 8.58. The molecule has 0 spiro atoms. The minimum atomic E-state index is 0.366. The molecule has 1 heterocycles. The van der Waals surface area contributed by atoms with Gasteiger partial charge in [0, 0.05) is 23.4 Å². The number of oxime groups is 1. The van der Waals surface area contributed by atoms with Gasteiger partial charge in [0.25, 0.3) is 0 Å². The van der Waals surface area contributed by atoms with E-state index in [2.05, 4.69) is 10.1 Å². The van der Waals surface area contributed by atoms with Gasteiger partial charge in [-0.2, -0.15) is 0 Å². The number of pyridine rings is 1. The van der Waals surface area contributed by atoms with E-state index in [1.165, 1.54) is 6.21 Å². The molecule has 0 aliphatic heterocycles. The van der Waals surface area contributed by atoms with Gasteiger partial charge in [-0.3, -0.25) is 0 Å². The number of aromatic nitrogens is 1. The number of nitrogens with zero attached hydrogens (tertiary/aromatic N) is 2. The molecule has 0 aliphatic rings. The summed E-state index contributed by atoms with van der Waals surface area (Å²) in [5, 5.41) is 11.6. The predicted molar refractivity (Wildman–Crippen MR) is 82.1 cm³/mol. The van der Waals surface area contributed by atoms with Crippen LogP contribution in [0.15, 0.2) is 41.7 Å². The average molecular weight is 302 g/mol. The molecule has 0 atom stereocenters. The predicted octanol–water partition coefficient (Wildman–Crippen LogP) is 2.88. The summed E-state index contributed by atoms with van der Waals surface area (Å²) in [6.45, 7) is 2.77. The van der Waals surface area contributed by atoms with Crippen molar-refractivity contribution in [1.82, 2.24) is 4.98 Å². The Bertz CT molecular complexity index is 627. The van der Waals surface area contributed by atoms with Gasteiger partial charge in [-0.1, -0.05) is 5.16 Å². The minimum absolute atomic E-state index is 0.366. The van der Waals surface area contributed by atoms with Crippen LogP contribution in [-0.4, -0.2) is 30.1 Å². The van der Waals surface area contributed by atoms with Crippen LogP contribution in [0.4, 0.5) is 0 Å². The van der Waals surface area contributed by atoms with E-state index in [-0.39, 0.29) is 0 Å². The molecule has 0 amide bonds. The number of rotatable bonds is 7. The highest BCUT2D eigenvalue weighted by Crippen LogP contribution is 2.28. The lowest BCUT2D eigenvalue weighted by Gasteiger charge is -2.12. The van der Waals surface area contributed by atoms with Gasteiger partial charge in [-0.05, 0) is 31.2 Å². The van der Waals surface area contributed by atoms with Crippen LogP contribution in [0.5, 0.6) is 17.4 Å². The molecule has 116 valence electrons. The van der Waals surface area contributed by atoms with E-state index in [4.69, 9.17) is 19.4 Å². The molecule has 1 aromatic heterocycles. The summed E-state index contributed by atoms with van der Waals surface area (Å²) in [4.78, 5) is 4.13. The Morgan fingerprint density at radius 1 is 1.18 bits per heavy atom. The summed E-state index contributed by atoms with van der Waals surface area (Å²) in [6, 6.07) is 8.98. The molecule has 0 saturated carbocycles. The number of benzene rings is 1. The van der Waals surface area contributed by atoms with Crippen molar-refractivity contribution < 1.29 is 19.4 Å². The first-order valence-corrected chi connectivity index (χ1v) is 6.82. The van der Waals surface area contributed by atoms with Crippen molar-refractivity contribution in [1.29, 1.82) is 0 Å². The molecule has 2 rings (SSSR count). The second kappa shape index (κ2) is 7.87. The van der Waals surface area contributed by atoms with Crippen molar-refractivity contribution in [2.45, 2.75) is 13.5 Å². The summed E-state index contributed by atoms with van der Waals surface area (Å²) >= 11 is 0. The van der Waals surface area contributed by atoms with E-state index >= 15 is 0 Å². The van der Waals surface area contributed by atoms with Crippen LogP contribution >= 0.6 is 0 Å². The monoisotopic (exact) mass is 302 g/mol. The number of hydrogen-bond acceptors (Lipinski definition) is 6. The van der Waals surface area contributed by atoms with Crippen molar-refractivity contribution >= 4 is 6.21 Å². The molecule has 0 unspecified atom stereocenters. The lowest BCUT2D eigenvalue weighted by Crippen LogP contribution is -2.01. The minimum Gasteiger partial charge on any atom is -0.490 e. The van der Waals surface area contributed by atoms with Crippen LogP contribution in [0.3, 0.4) is 0 Å². The molecule has 2 aromatic rings. The zero-order valence-corrected chi connectivity index (χ0v) is 12.5. The SMILES string of the molecule is CCOc1cc(C=NO)ccc1OCc1ccc(OC)nc1. The zero-order chi connectivity index (χ0) is 15.8. The van der Waals surface area contributed by atoms with Crippen LogP contribution in [-0.2, 0) is 6.61 Å². The first kappa shape index (κ1) is 15.6. The van der Waals surface area contributed by atoms with Crippen molar-refractivity contribution in [2.24, 2.45) is 5.16 Å². The highest BCUT2D eigenvalue weighted by molar-refractivity contribution is 5.80. The highest BCUT2D eigenvalue weighted by atomic mass is 16.5. The van der Waals surface area contributed by atoms with E-state index in [0.29, 0.717) is 30.6 Å². The normalized spacial score (nSPS) is 10.6. The maximum Gasteiger partial charge on any atom is 0.212 e. The summed E-state index contributed by atoms with van der Waals surface area (Å²) in [5.41, 5.74) is 1.65. The van der Waals surface area contributed by atoms with Gasteiger partial charge in [0.05, 0.1) is 19.9 Å². The molecule has 1 N–H and O–H groups in total. The smallest absolute Gasteiger partial charge is 0.212 e. The summed E-state index contributed by atoms with van der Waals surface area (Å²) in [5.74, 6) is 1.78. The van der Waals surface area contributed by atoms with Crippen LogP contribution < -0.4 is 14.2 Å². The molecule has 6 heteroatoms. The second-order valence-corrected chi connectivity index (χ2v) is 4.38. The van der Waals surface area contributed by atoms with Gasteiger partial charge in [0.2, 0.25) is 5.88 Å². The van der Waals surface area contributed by atoms with Crippen LogP contribution in [0.2, 0.25) is 0 Å². The molecule has 0 fully saturated rings. The quantitative estimate of drug-likeness (QED) is 0.483.